The molecule has 0 atom stereocenters. The number of aryl methyl sites for hydroxylation is 1. The van der Waals surface area contributed by atoms with Gasteiger partial charge in [0.25, 0.3) is 0 Å². The Morgan fingerprint density at radius 1 is 1.29 bits per heavy atom. The second kappa shape index (κ2) is 5.04. The molecule has 1 aromatic carbocycles. The van der Waals surface area contributed by atoms with Crippen LogP contribution in [0, 0.1) is 0 Å². The molecule has 0 saturated heterocycles. The van der Waals surface area contributed by atoms with Gasteiger partial charge in [0.15, 0.2) is 0 Å². The van der Waals surface area contributed by atoms with Crippen molar-refractivity contribution in [3.05, 3.63) is 41.0 Å². The Labute approximate surface area is 101 Å². The summed E-state index contributed by atoms with van der Waals surface area (Å²) in [5.41, 5.74) is 3.61. The highest BCUT2D eigenvalue weighted by molar-refractivity contribution is 5.82. The van der Waals surface area contributed by atoms with E-state index in [9.17, 15) is 4.79 Å². The van der Waals surface area contributed by atoms with Gasteiger partial charge in [0, 0.05) is 11.6 Å². The zero-order chi connectivity index (χ0) is 12.3. The average Bonchev–Trinajstić information content (AvgIpc) is 2.37. The molecule has 0 radical (unpaired) electrons. The molecular formula is C14H16O3. The number of carbonyl (C=O) groups is 1. The van der Waals surface area contributed by atoms with Gasteiger partial charge >= 0.3 is 5.97 Å². The summed E-state index contributed by atoms with van der Waals surface area (Å²) in [5, 5.41) is 0. The summed E-state index contributed by atoms with van der Waals surface area (Å²) >= 11 is 0. The number of esters is 1. The first kappa shape index (κ1) is 11.7. The van der Waals surface area contributed by atoms with E-state index in [4.69, 9.17) is 4.74 Å². The first-order valence-electron chi connectivity index (χ1n) is 5.66. The van der Waals surface area contributed by atoms with Crippen molar-refractivity contribution >= 4 is 5.97 Å². The molecule has 1 aliphatic carbocycles. The lowest BCUT2D eigenvalue weighted by molar-refractivity contribution is -0.134. The van der Waals surface area contributed by atoms with E-state index in [1.807, 2.05) is 12.1 Å². The smallest absolute Gasteiger partial charge is 0.330 e. The third-order valence-electron chi connectivity index (χ3n) is 3.09. The summed E-state index contributed by atoms with van der Waals surface area (Å²) in [6.07, 6.45) is 4.23. The molecule has 0 spiro atoms. The fourth-order valence-corrected chi connectivity index (χ4v) is 2.20. The Morgan fingerprint density at radius 3 is 2.82 bits per heavy atom. The number of fused-ring (bicyclic) bond motifs is 1. The minimum Gasteiger partial charge on any atom is -0.496 e. The number of allylic oxidation sites excluding steroid dienone is 1. The van der Waals surface area contributed by atoms with Crippen molar-refractivity contribution in [1.29, 1.82) is 0 Å². The molecule has 90 valence electrons. The quantitative estimate of drug-likeness (QED) is 0.579. The Morgan fingerprint density at radius 2 is 2.12 bits per heavy atom. The average molecular weight is 232 g/mol. The van der Waals surface area contributed by atoms with Crippen molar-refractivity contribution in [3.8, 4) is 5.75 Å². The van der Waals surface area contributed by atoms with Gasteiger partial charge in [-0.05, 0) is 30.9 Å². The topological polar surface area (TPSA) is 35.5 Å². The maximum absolute atomic E-state index is 11.2. The summed E-state index contributed by atoms with van der Waals surface area (Å²) in [7, 11) is 3.07. The van der Waals surface area contributed by atoms with E-state index in [-0.39, 0.29) is 5.97 Å². The summed E-state index contributed by atoms with van der Waals surface area (Å²) in [6, 6.07) is 6.08. The van der Waals surface area contributed by atoms with Crippen molar-refractivity contribution in [1.82, 2.24) is 0 Å². The highest BCUT2D eigenvalue weighted by atomic mass is 16.5. The number of carbonyl (C=O) groups excluding carboxylic acids is 1. The second-order valence-electron chi connectivity index (χ2n) is 4.10. The summed E-state index contributed by atoms with van der Waals surface area (Å²) in [4.78, 5) is 11.2. The Bertz CT molecular complexity index is 446. The molecule has 0 aliphatic heterocycles. The third-order valence-corrected chi connectivity index (χ3v) is 3.09. The van der Waals surface area contributed by atoms with Crippen LogP contribution in [0.2, 0.25) is 0 Å². The molecule has 0 amide bonds. The Kier molecular flexibility index (Phi) is 3.47. The molecule has 0 N–H and O–H groups in total. The molecule has 1 aromatic rings. The molecular weight excluding hydrogens is 216 g/mol. The van der Waals surface area contributed by atoms with Gasteiger partial charge in [-0.2, -0.15) is 0 Å². The normalized spacial score (nSPS) is 16.5. The molecule has 3 heteroatoms. The van der Waals surface area contributed by atoms with Gasteiger partial charge in [-0.25, -0.2) is 4.79 Å². The van der Waals surface area contributed by atoms with Crippen molar-refractivity contribution in [2.24, 2.45) is 0 Å². The lowest BCUT2D eigenvalue weighted by atomic mass is 9.87. The zero-order valence-electron chi connectivity index (χ0n) is 10.2. The van der Waals surface area contributed by atoms with Crippen molar-refractivity contribution in [2.45, 2.75) is 19.3 Å². The van der Waals surface area contributed by atoms with Gasteiger partial charge in [0.1, 0.15) is 5.75 Å². The van der Waals surface area contributed by atoms with Crippen LogP contribution in [0.15, 0.2) is 29.8 Å². The first-order chi connectivity index (χ1) is 8.24. The summed E-state index contributed by atoms with van der Waals surface area (Å²) in [5.74, 6) is 0.622. The van der Waals surface area contributed by atoms with Crippen LogP contribution in [-0.4, -0.2) is 20.2 Å². The zero-order valence-corrected chi connectivity index (χ0v) is 10.2. The lowest BCUT2D eigenvalue weighted by Gasteiger charge is -2.20. The van der Waals surface area contributed by atoms with Crippen LogP contribution in [0.1, 0.15) is 17.5 Å². The molecule has 0 aromatic heterocycles. The molecule has 0 fully saturated rings. The fraction of sp³-hybridized carbons (Fsp3) is 0.357. The standard InChI is InChI=1S/C14H16O3/c1-16-13-5-3-4-11-7-6-10(8-12(11)13)9-14(15)17-2/h3-5,9H,6-8H2,1-2H3/b10-9+. The van der Waals surface area contributed by atoms with Gasteiger partial charge in [0.05, 0.1) is 14.2 Å². The van der Waals surface area contributed by atoms with Crippen molar-refractivity contribution < 1.29 is 14.3 Å². The number of benzene rings is 1. The minimum atomic E-state index is -0.279. The van der Waals surface area contributed by atoms with E-state index in [0.29, 0.717) is 0 Å². The van der Waals surface area contributed by atoms with Gasteiger partial charge in [-0.15, -0.1) is 0 Å². The van der Waals surface area contributed by atoms with E-state index >= 15 is 0 Å². The second-order valence-corrected chi connectivity index (χ2v) is 4.10. The molecule has 0 unspecified atom stereocenters. The van der Waals surface area contributed by atoms with Crippen LogP contribution in [0.5, 0.6) is 5.75 Å². The molecule has 1 aliphatic rings. The fourth-order valence-electron chi connectivity index (χ4n) is 2.20. The number of hydrogen-bond acceptors (Lipinski definition) is 3. The maximum atomic E-state index is 11.2. The molecule has 0 bridgehead atoms. The Hall–Kier alpha value is -1.77. The molecule has 3 nitrogen and oxygen atoms in total. The first-order valence-corrected chi connectivity index (χ1v) is 5.66. The minimum absolute atomic E-state index is 0.279. The van der Waals surface area contributed by atoms with Gasteiger partial charge in [0.2, 0.25) is 0 Å². The Balaban J connectivity index is 2.28. The maximum Gasteiger partial charge on any atom is 0.330 e. The van der Waals surface area contributed by atoms with Crippen LogP contribution < -0.4 is 4.74 Å². The number of ether oxygens (including phenoxy) is 2. The van der Waals surface area contributed by atoms with Crippen LogP contribution in [0.25, 0.3) is 0 Å². The van der Waals surface area contributed by atoms with Crippen LogP contribution in [0.3, 0.4) is 0 Å². The SMILES string of the molecule is COC(=O)/C=C1\CCc2cccc(OC)c2C1. The number of hydrogen-bond donors (Lipinski definition) is 0. The van der Waals surface area contributed by atoms with Crippen molar-refractivity contribution in [3.63, 3.8) is 0 Å². The monoisotopic (exact) mass is 232 g/mol. The van der Waals surface area contributed by atoms with Crippen LogP contribution in [-0.2, 0) is 22.4 Å². The van der Waals surface area contributed by atoms with E-state index in [0.717, 1.165) is 30.6 Å². The number of rotatable bonds is 2. The molecule has 0 heterocycles. The highest BCUT2D eigenvalue weighted by Crippen LogP contribution is 2.31. The molecule has 2 rings (SSSR count). The van der Waals surface area contributed by atoms with Gasteiger partial charge < -0.3 is 9.47 Å². The van der Waals surface area contributed by atoms with E-state index in [2.05, 4.69) is 10.8 Å². The largest absolute Gasteiger partial charge is 0.496 e. The van der Waals surface area contributed by atoms with Gasteiger partial charge in [-0.1, -0.05) is 17.7 Å². The van der Waals surface area contributed by atoms with Crippen LogP contribution >= 0.6 is 0 Å². The predicted molar refractivity (Wildman–Crippen MR) is 65.1 cm³/mol. The van der Waals surface area contributed by atoms with E-state index in [1.54, 1.807) is 13.2 Å². The highest BCUT2D eigenvalue weighted by Gasteiger charge is 2.17. The van der Waals surface area contributed by atoms with Crippen molar-refractivity contribution in [2.75, 3.05) is 14.2 Å². The van der Waals surface area contributed by atoms with E-state index in [1.165, 1.54) is 18.2 Å². The van der Waals surface area contributed by atoms with Crippen LogP contribution in [0.4, 0.5) is 0 Å². The van der Waals surface area contributed by atoms with E-state index < -0.39 is 0 Å². The molecule has 17 heavy (non-hydrogen) atoms. The van der Waals surface area contributed by atoms with Gasteiger partial charge in [-0.3, -0.25) is 0 Å². The number of methoxy groups -OCH3 is 2. The lowest BCUT2D eigenvalue weighted by Crippen LogP contribution is -2.09. The summed E-state index contributed by atoms with van der Waals surface area (Å²) in [6.45, 7) is 0. The third kappa shape index (κ3) is 2.49. The molecule has 0 saturated carbocycles. The predicted octanol–water partition coefficient (Wildman–Crippen LogP) is 2.28. The summed E-state index contributed by atoms with van der Waals surface area (Å²) < 4.78 is 10.00.